The molecule has 0 aliphatic carbocycles. The molecule has 4 aromatic rings. The first kappa shape index (κ1) is 31.5. The van der Waals surface area contributed by atoms with Crippen LogP contribution in [0.25, 0.3) is 10.2 Å². The van der Waals surface area contributed by atoms with Gasteiger partial charge in [0, 0.05) is 38.5 Å². The van der Waals surface area contributed by atoms with Crippen LogP contribution in [-0.2, 0) is 38.7 Å². The fraction of sp³-hybridized carbons (Fsp3) is 0.265. The highest BCUT2D eigenvalue weighted by Crippen LogP contribution is 2.32. The second kappa shape index (κ2) is 13.5. The summed E-state index contributed by atoms with van der Waals surface area (Å²) < 4.78 is 6.15. The molecule has 0 unspecified atom stereocenters. The number of hydrazine groups is 1. The van der Waals surface area contributed by atoms with E-state index in [0.29, 0.717) is 10.7 Å². The number of hydrogen-bond donors (Lipinski definition) is 2. The summed E-state index contributed by atoms with van der Waals surface area (Å²) >= 11 is 1.38. The summed E-state index contributed by atoms with van der Waals surface area (Å²) in [7, 11) is 3.12. The standard InChI is InChI=1S/C34H33N7O5S/c1-36-34(45)38(2)40-20-29(42)41-26(32(44)39(19-28(40)41)18-25-9-6-10-27-31(25)37-33(35)47-27)17-23-13-11-22(12-14-23)15-16-30(43)46-21-24-7-4-3-5-8-24/h3-14,26,28H,17-21H2,1-2H3,(H2,35,37)(H,36,45)/t26-,28+/m0/s1. The zero-order valence-electron chi connectivity index (χ0n) is 25.9. The van der Waals surface area contributed by atoms with Gasteiger partial charge in [-0.2, -0.15) is 5.01 Å². The number of ether oxygens (including phenoxy) is 1. The fourth-order valence-corrected chi connectivity index (χ4v) is 6.70. The molecule has 0 bridgehead atoms. The molecule has 6 rings (SSSR count). The minimum absolute atomic E-state index is 0.0424. The average molecular weight is 652 g/mol. The van der Waals surface area contributed by atoms with E-state index in [1.807, 2.05) is 60.7 Å². The number of benzene rings is 3. The van der Waals surface area contributed by atoms with Crippen LogP contribution in [0.15, 0.2) is 72.8 Å². The molecule has 2 aliphatic heterocycles. The summed E-state index contributed by atoms with van der Waals surface area (Å²) in [6, 6.07) is 21.1. The van der Waals surface area contributed by atoms with Gasteiger partial charge in [0.2, 0.25) is 11.8 Å². The normalized spacial score (nSPS) is 17.7. The topological polar surface area (TPSA) is 141 Å². The van der Waals surface area contributed by atoms with Gasteiger partial charge in [0.25, 0.3) is 0 Å². The van der Waals surface area contributed by atoms with Crippen LogP contribution in [-0.4, -0.2) is 88.0 Å². The van der Waals surface area contributed by atoms with Crippen LogP contribution in [0.4, 0.5) is 9.93 Å². The second-order valence-electron chi connectivity index (χ2n) is 11.2. The molecule has 47 heavy (non-hydrogen) atoms. The minimum atomic E-state index is -0.811. The summed E-state index contributed by atoms with van der Waals surface area (Å²) in [6.07, 6.45) is -0.310. The molecule has 2 aliphatic rings. The Kier molecular flexibility index (Phi) is 9.05. The Morgan fingerprint density at radius 3 is 2.57 bits per heavy atom. The molecular formula is C34H33N7O5S. The first-order chi connectivity index (χ1) is 22.7. The van der Waals surface area contributed by atoms with Crippen LogP contribution >= 0.6 is 11.3 Å². The molecule has 3 N–H and O–H groups in total. The Labute approximate surface area is 275 Å². The number of amides is 4. The fourth-order valence-electron chi connectivity index (χ4n) is 5.91. The van der Waals surface area contributed by atoms with E-state index < -0.39 is 18.2 Å². The predicted molar refractivity (Wildman–Crippen MR) is 176 cm³/mol. The molecule has 3 heterocycles. The van der Waals surface area contributed by atoms with Gasteiger partial charge in [-0.3, -0.25) is 14.6 Å². The van der Waals surface area contributed by atoms with Crippen LogP contribution in [0.3, 0.4) is 0 Å². The van der Waals surface area contributed by atoms with E-state index in [0.717, 1.165) is 26.9 Å². The van der Waals surface area contributed by atoms with Gasteiger partial charge in [-0.05, 0) is 34.9 Å². The largest absolute Gasteiger partial charge is 0.451 e. The van der Waals surface area contributed by atoms with Gasteiger partial charge >= 0.3 is 12.0 Å². The number of aromatic nitrogens is 1. The van der Waals surface area contributed by atoms with Crippen molar-refractivity contribution in [3.8, 4) is 11.8 Å². The van der Waals surface area contributed by atoms with E-state index in [1.165, 1.54) is 23.4 Å². The third-order valence-electron chi connectivity index (χ3n) is 8.24. The zero-order valence-corrected chi connectivity index (χ0v) is 26.7. The number of carbonyl (C=O) groups is 4. The SMILES string of the molecule is CNC(=O)N(C)N1CC(=O)N2[C@@H](Cc3ccc(C#CC(=O)OCc4ccccc4)cc3)C(=O)N(Cc3cccc4sc(N)nc34)C[C@@H]21. The summed E-state index contributed by atoms with van der Waals surface area (Å²) in [4.78, 5) is 60.1. The highest BCUT2D eigenvalue weighted by molar-refractivity contribution is 7.22. The van der Waals surface area contributed by atoms with Crippen molar-refractivity contribution in [2.45, 2.75) is 31.8 Å². The van der Waals surface area contributed by atoms with Crippen LogP contribution < -0.4 is 11.1 Å². The molecule has 0 radical (unpaired) electrons. The highest BCUT2D eigenvalue weighted by atomic mass is 32.1. The number of nitrogens with zero attached hydrogens (tertiary/aromatic N) is 5. The molecule has 13 heteroatoms. The van der Waals surface area contributed by atoms with Gasteiger partial charge in [0.15, 0.2) is 5.13 Å². The molecule has 2 atom stereocenters. The molecule has 0 spiro atoms. The summed E-state index contributed by atoms with van der Waals surface area (Å²) in [5.74, 6) is 4.25. The van der Waals surface area contributed by atoms with E-state index >= 15 is 0 Å². The van der Waals surface area contributed by atoms with Crippen molar-refractivity contribution in [1.29, 1.82) is 0 Å². The summed E-state index contributed by atoms with van der Waals surface area (Å²) in [5, 5.41) is 6.11. The van der Waals surface area contributed by atoms with Crippen LogP contribution in [0, 0.1) is 11.8 Å². The van der Waals surface area contributed by atoms with Crippen LogP contribution in [0.5, 0.6) is 0 Å². The monoisotopic (exact) mass is 651 g/mol. The quantitative estimate of drug-likeness (QED) is 0.230. The second-order valence-corrected chi connectivity index (χ2v) is 12.3. The number of nitrogens with two attached hydrogens (primary N) is 1. The lowest BCUT2D eigenvalue weighted by Crippen LogP contribution is -2.65. The number of carbonyl (C=O) groups excluding carboxylic acids is 4. The van der Waals surface area contributed by atoms with E-state index in [9.17, 15) is 19.2 Å². The van der Waals surface area contributed by atoms with Gasteiger partial charge < -0.3 is 25.6 Å². The number of anilines is 1. The number of esters is 1. The van der Waals surface area contributed by atoms with Crippen molar-refractivity contribution < 1.29 is 23.9 Å². The maximum Gasteiger partial charge on any atom is 0.385 e. The minimum Gasteiger partial charge on any atom is -0.451 e. The Bertz CT molecular complexity index is 1890. The number of nitrogen functional groups attached to an aromatic ring is 1. The predicted octanol–water partition coefficient (Wildman–Crippen LogP) is 2.58. The highest BCUT2D eigenvalue weighted by Gasteiger charge is 2.51. The first-order valence-electron chi connectivity index (χ1n) is 15.0. The Morgan fingerprint density at radius 1 is 1.06 bits per heavy atom. The third-order valence-corrected chi connectivity index (χ3v) is 9.09. The van der Waals surface area contributed by atoms with Gasteiger partial charge in [0.05, 0.1) is 23.3 Å². The van der Waals surface area contributed by atoms with Crippen molar-refractivity contribution in [1.82, 2.24) is 30.1 Å². The van der Waals surface area contributed by atoms with E-state index in [2.05, 4.69) is 22.1 Å². The molecule has 240 valence electrons. The first-order valence-corrected chi connectivity index (χ1v) is 15.8. The van der Waals surface area contributed by atoms with Gasteiger partial charge in [-0.25, -0.2) is 14.6 Å². The molecular weight excluding hydrogens is 618 g/mol. The van der Waals surface area contributed by atoms with Crippen LogP contribution in [0.1, 0.15) is 22.3 Å². The van der Waals surface area contributed by atoms with Crippen LogP contribution in [0.2, 0.25) is 0 Å². The molecule has 2 fully saturated rings. The lowest BCUT2D eigenvalue weighted by atomic mass is 9.99. The number of urea groups is 1. The number of fused-ring (bicyclic) bond motifs is 2. The Hall–Kier alpha value is -5.45. The number of hydrogen-bond acceptors (Lipinski definition) is 9. The van der Waals surface area contributed by atoms with Gasteiger partial charge in [-0.15, -0.1) is 0 Å². The average Bonchev–Trinajstić information content (AvgIpc) is 3.63. The third kappa shape index (κ3) is 6.74. The van der Waals surface area contributed by atoms with Crippen molar-refractivity contribution in [2.75, 3.05) is 32.9 Å². The van der Waals surface area contributed by atoms with Crippen molar-refractivity contribution in [2.24, 2.45) is 0 Å². The van der Waals surface area contributed by atoms with Crippen molar-refractivity contribution >= 4 is 50.5 Å². The summed E-state index contributed by atoms with van der Waals surface area (Å²) in [5.41, 5.74) is 9.85. The summed E-state index contributed by atoms with van der Waals surface area (Å²) in [6.45, 7) is 0.562. The van der Waals surface area contributed by atoms with Crippen molar-refractivity contribution in [3.05, 3.63) is 95.1 Å². The Morgan fingerprint density at radius 2 is 1.83 bits per heavy atom. The maximum atomic E-state index is 14.1. The molecule has 1 aromatic heterocycles. The lowest BCUT2D eigenvalue weighted by molar-refractivity contribution is -0.157. The maximum absolute atomic E-state index is 14.1. The number of thiazole rings is 1. The number of rotatable bonds is 7. The number of nitrogens with one attached hydrogen (secondary N) is 1. The van der Waals surface area contributed by atoms with Gasteiger partial charge in [0.1, 0.15) is 18.8 Å². The molecule has 12 nitrogen and oxygen atoms in total. The van der Waals surface area contributed by atoms with E-state index in [-0.39, 0.29) is 50.5 Å². The van der Waals surface area contributed by atoms with E-state index in [4.69, 9.17) is 10.5 Å². The number of para-hydroxylation sites is 1. The van der Waals surface area contributed by atoms with Crippen molar-refractivity contribution in [3.63, 3.8) is 0 Å². The molecule has 4 amide bonds. The smallest absolute Gasteiger partial charge is 0.385 e. The lowest BCUT2D eigenvalue weighted by Gasteiger charge is -2.45. The zero-order chi connectivity index (χ0) is 33.1. The van der Waals surface area contributed by atoms with Gasteiger partial charge in [-0.1, -0.05) is 71.9 Å². The molecule has 2 saturated heterocycles. The number of piperazine rings is 1. The van der Waals surface area contributed by atoms with E-state index in [1.54, 1.807) is 34.0 Å². The Balaban J connectivity index is 1.22. The molecule has 0 saturated carbocycles. The molecule has 3 aromatic carbocycles.